The standard InChI is InChI=1S/C23H23N3O4S/c27-15-16-12-17(24-10-5-11-30-31(28)29)14-18(13-16)25-23-19-6-1-3-8-21(19)26-22-9-4-2-7-20(22)23/h1-4,6-9,12-14,24,27H,5,10-11,15H2,(H,25,26)(H,28,29)/p-1. The molecule has 0 saturated carbocycles. The van der Waals surface area contributed by atoms with Crippen LogP contribution in [0.3, 0.4) is 0 Å². The fourth-order valence-corrected chi connectivity index (χ4v) is 3.76. The highest BCUT2D eigenvalue weighted by Crippen LogP contribution is 2.34. The van der Waals surface area contributed by atoms with Gasteiger partial charge in [-0.25, -0.2) is 9.19 Å². The number of aliphatic hydroxyl groups excluding tert-OH is 1. The molecule has 0 bridgehead atoms. The summed E-state index contributed by atoms with van der Waals surface area (Å²) in [4.78, 5) is 4.75. The number of benzene rings is 3. The summed E-state index contributed by atoms with van der Waals surface area (Å²) in [5, 5.41) is 18.5. The Labute approximate surface area is 182 Å². The molecule has 0 fully saturated rings. The van der Waals surface area contributed by atoms with Crippen LogP contribution in [0.25, 0.3) is 21.8 Å². The molecule has 0 aliphatic heterocycles. The van der Waals surface area contributed by atoms with E-state index in [2.05, 4.69) is 14.8 Å². The molecule has 0 radical (unpaired) electrons. The number of pyridine rings is 1. The Kier molecular flexibility index (Phi) is 6.73. The molecule has 4 aromatic rings. The molecule has 4 rings (SSSR count). The van der Waals surface area contributed by atoms with Crippen LogP contribution in [0.15, 0.2) is 66.7 Å². The first kappa shape index (κ1) is 21.2. The van der Waals surface area contributed by atoms with Gasteiger partial charge in [-0.15, -0.1) is 0 Å². The van der Waals surface area contributed by atoms with Crippen LogP contribution in [-0.2, 0) is 22.2 Å². The number of fused-ring (bicyclic) bond motifs is 2. The molecule has 0 spiro atoms. The molecule has 7 nitrogen and oxygen atoms in total. The summed E-state index contributed by atoms with van der Waals surface area (Å²) in [6.45, 7) is 0.551. The molecule has 0 saturated heterocycles. The Morgan fingerprint density at radius 1 is 0.968 bits per heavy atom. The highest BCUT2D eigenvalue weighted by molar-refractivity contribution is 7.74. The second kappa shape index (κ2) is 9.84. The number of aliphatic hydroxyl groups is 1. The summed E-state index contributed by atoms with van der Waals surface area (Å²) in [5.41, 5.74) is 5.15. The van der Waals surface area contributed by atoms with Crippen LogP contribution in [0.4, 0.5) is 17.1 Å². The van der Waals surface area contributed by atoms with E-state index in [4.69, 9.17) is 4.98 Å². The molecule has 3 aromatic carbocycles. The second-order valence-electron chi connectivity index (χ2n) is 7.03. The first-order valence-corrected chi connectivity index (χ1v) is 10.9. The first-order chi connectivity index (χ1) is 15.1. The van der Waals surface area contributed by atoms with Crippen LogP contribution in [0.2, 0.25) is 0 Å². The third kappa shape index (κ3) is 5.18. The number of anilines is 3. The Morgan fingerprint density at radius 3 is 2.26 bits per heavy atom. The third-order valence-electron chi connectivity index (χ3n) is 4.86. The molecular weight excluding hydrogens is 414 g/mol. The van der Waals surface area contributed by atoms with E-state index in [9.17, 15) is 13.9 Å². The van der Waals surface area contributed by atoms with Crippen molar-refractivity contribution in [1.82, 2.24) is 4.98 Å². The average Bonchev–Trinajstić information content (AvgIpc) is 2.78. The highest BCUT2D eigenvalue weighted by Gasteiger charge is 2.10. The smallest absolute Gasteiger partial charge is 0.0842 e. The topological polar surface area (TPSA) is 107 Å². The number of aromatic nitrogens is 1. The normalized spacial score (nSPS) is 12.2. The van der Waals surface area contributed by atoms with Gasteiger partial charge < -0.3 is 24.5 Å². The fraction of sp³-hybridized carbons (Fsp3) is 0.174. The lowest BCUT2D eigenvalue weighted by Crippen LogP contribution is -2.07. The fourth-order valence-electron chi connectivity index (χ4n) is 3.51. The maximum Gasteiger partial charge on any atom is 0.0842 e. The zero-order valence-electron chi connectivity index (χ0n) is 16.7. The molecule has 1 unspecified atom stereocenters. The zero-order valence-corrected chi connectivity index (χ0v) is 17.5. The molecule has 1 aromatic heterocycles. The van der Waals surface area contributed by atoms with Gasteiger partial charge in [0.25, 0.3) is 0 Å². The Balaban J connectivity index is 1.64. The number of nitrogens with zero attached hydrogens (tertiary/aromatic N) is 1. The monoisotopic (exact) mass is 436 g/mol. The van der Waals surface area contributed by atoms with Crippen molar-refractivity contribution in [1.29, 1.82) is 0 Å². The molecule has 1 heterocycles. The van der Waals surface area contributed by atoms with Gasteiger partial charge in [-0.2, -0.15) is 0 Å². The van der Waals surface area contributed by atoms with Crippen molar-refractivity contribution in [3.63, 3.8) is 0 Å². The first-order valence-electron chi connectivity index (χ1n) is 9.90. The van der Waals surface area contributed by atoms with Crippen LogP contribution >= 0.6 is 0 Å². The minimum atomic E-state index is -2.49. The summed E-state index contributed by atoms with van der Waals surface area (Å²) >= 11 is -2.49. The van der Waals surface area contributed by atoms with E-state index in [0.717, 1.165) is 44.4 Å². The Morgan fingerprint density at radius 2 is 1.61 bits per heavy atom. The van der Waals surface area contributed by atoms with Crippen LogP contribution in [0.1, 0.15) is 12.0 Å². The molecule has 3 N–H and O–H groups in total. The third-order valence-corrected chi connectivity index (χ3v) is 5.22. The van der Waals surface area contributed by atoms with Crippen molar-refractivity contribution in [3.8, 4) is 0 Å². The van der Waals surface area contributed by atoms with Gasteiger partial charge in [0.2, 0.25) is 0 Å². The van der Waals surface area contributed by atoms with Gasteiger partial charge in [0.1, 0.15) is 0 Å². The van der Waals surface area contributed by atoms with Crippen molar-refractivity contribution in [2.75, 3.05) is 23.8 Å². The van der Waals surface area contributed by atoms with Crippen LogP contribution in [0, 0.1) is 0 Å². The van der Waals surface area contributed by atoms with Crippen molar-refractivity contribution in [2.24, 2.45) is 0 Å². The van der Waals surface area contributed by atoms with Crippen molar-refractivity contribution in [3.05, 3.63) is 72.3 Å². The lowest BCUT2D eigenvalue weighted by molar-refractivity contribution is 0.282. The summed E-state index contributed by atoms with van der Waals surface area (Å²) in [5.74, 6) is 0. The molecule has 1 atom stereocenters. The summed E-state index contributed by atoms with van der Waals surface area (Å²) in [7, 11) is 0. The lowest BCUT2D eigenvalue weighted by Gasteiger charge is -2.16. The quantitative estimate of drug-likeness (QED) is 0.205. The van der Waals surface area contributed by atoms with Crippen LogP contribution < -0.4 is 10.6 Å². The highest BCUT2D eigenvalue weighted by atomic mass is 32.2. The van der Waals surface area contributed by atoms with E-state index in [-0.39, 0.29) is 13.2 Å². The van der Waals surface area contributed by atoms with E-state index in [1.165, 1.54) is 0 Å². The van der Waals surface area contributed by atoms with E-state index in [0.29, 0.717) is 13.0 Å². The zero-order chi connectivity index (χ0) is 21.6. The van der Waals surface area contributed by atoms with E-state index >= 15 is 0 Å². The van der Waals surface area contributed by atoms with Gasteiger partial charge in [0.05, 0.1) is 41.3 Å². The Hall–Kier alpha value is -3.04. The number of nitrogens with one attached hydrogen (secondary N) is 2. The predicted octanol–water partition coefficient (Wildman–Crippen LogP) is 4.24. The maximum absolute atomic E-state index is 10.4. The maximum atomic E-state index is 10.4. The number of rotatable bonds is 9. The molecule has 31 heavy (non-hydrogen) atoms. The summed E-state index contributed by atoms with van der Waals surface area (Å²) in [6, 6.07) is 21.7. The number of para-hydroxylation sites is 2. The minimum Gasteiger partial charge on any atom is -0.750 e. The van der Waals surface area contributed by atoms with E-state index in [1.54, 1.807) is 0 Å². The minimum absolute atomic E-state index is 0.0969. The van der Waals surface area contributed by atoms with Crippen LogP contribution in [-0.4, -0.2) is 32.0 Å². The van der Waals surface area contributed by atoms with Gasteiger partial charge in [-0.3, -0.25) is 0 Å². The molecule has 8 heteroatoms. The summed E-state index contributed by atoms with van der Waals surface area (Å²) in [6.07, 6.45) is 0.528. The van der Waals surface area contributed by atoms with E-state index in [1.807, 2.05) is 66.7 Å². The van der Waals surface area contributed by atoms with Crippen molar-refractivity contribution >= 4 is 50.2 Å². The predicted molar refractivity (Wildman–Crippen MR) is 123 cm³/mol. The molecule has 0 aliphatic carbocycles. The van der Waals surface area contributed by atoms with Gasteiger partial charge in [-0.05, 0) is 42.3 Å². The van der Waals surface area contributed by atoms with Gasteiger partial charge >= 0.3 is 0 Å². The van der Waals surface area contributed by atoms with Crippen molar-refractivity contribution in [2.45, 2.75) is 13.0 Å². The van der Waals surface area contributed by atoms with Gasteiger partial charge in [0, 0.05) is 28.7 Å². The lowest BCUT2D eigenvalue weighted by atomic mass is 10.1. The number of hydrogen-bond acceptors (Lipinski definition) is 7. The number of hydrogen-bond donors (Lipinski definition) is 3. The van der Waals surface area contributed by atoms with Crippen molar-refractivity contribution < 1.29 is 18.1 Å². The SMILES string of the molecule is O=S([O-])OCCCNc1cc(CO)cc(Nc2c3ccccc3nc3ccccc23)c1. The van der Waals surface area contributed by atoms with Gasteiger partial charge in [-0.1, -0.05) is 36.4 Å². The van der Waals surface area contributed by atoms with E-state index < -0.39 is 11.4 Å². The molecule has 0 aliphatic rings. The average molecular weight is 437 g/mol. The Bertz CT molecular complexity index is 1180. The second-order valence-corrected chi connectivity index (χ2v) is 7.67. The molecular formula is C23H22N3O4S-. The van der Waals surface area contributed by atoms with Crippen LogP contribution in [0.5, 0.6) is 0 Å². The molecule has 160 valence electrons. The van der Waals surface area contributed by atoms with Gasteiger partial charge in [0.15, 0.2) is 0 Å². The largest absolute Gasteiger partial charge is 0.750 e. The summed E-state index contributed by atoms with van der Waals surface area (Å²) < 4.78 is 25.4. The molecule has 0 amide bonds.